The van der Waals surface area contributed by atoms with E-state index in [9.17, 15) is 13.6 Å². The number of hydrogen-bond acceptors (Lipinski definition) is 2. The highest BCUT2D eigenvalue weighted by molar-refractivity contribution is 9.12. The Kier molecular flexibility index (Phi) is 5.47. The van der Waals surface area contributed by atoms with Crippen molar-refractivity contribution in [3.63, 3.8) is 0 Å². The number of halogens is 4. The van der Waals surface area contributed by atoms with Gasteiger partial charge in [-0.1, -0.05) is 19.3 Å². The third-order valence-corrected chi connectivity index (χ3v) is 6.43. The zero-order chi connectivity index (χ0) is 15.7. The summed E-state index contributed by atoms with van der Waals surface area (Å²) in [6.07, 6.45) is 3.23. The van der Waals surface area contributed by atoms with Gasteiger partial charge < -0.3 is 5.11 Å². The Morgan fingerprint density at radius 1 is 1.33 bits per heavy atom. The largest absolute Gasteiger partial charge is 0.481 e. The van der Waals surface area contributed by atoms with Crippen LogP contribution in [0.25, 0.3) is 0 Å². The minimum atomic E-state index is -3.02. The Morgan fingerprint density at radius 3 is 2.43 bits per heavy atom. The van der Waals surface area contributed by atoms with Crippen LogP contribution in [-0.2, 0) is 10.7 Å². The number of thiophene rings is 1. The lowest BCUT2D eigenvalue weighted by atomic mass is 9.68. The van der Waals surface area contributed by atoms with E-state index in [1.165, 1.54) is 17.4 Å². The lowest BCUT2D eigenvalue weighted by Gasteiger charge is -2.38. The van der Waals surface area contributed by atoms with Gasteiger partial charge >= 0.3 is 5.97 Å². The molecular weight excluding hydrogens is 430 g/mol. The van der Waals surface area contributed by atoms with Gasteiger partial charge in [-0.25, -0.2) is 8.78 Å². The number of hydrogen-bond donors (Lipinski definition) is 1. The van der Waals surface area contributed by atoms with Crippen molar-refractivity contribution in [1.82, 2.24) is 0 Å². The predicted molar refractivity (Wildman–Crippen MR) is 86.0 cm³/mol. The van der Waals surface area contributed by atoms with E-state index >= 15 is 0 Å². The van der Waals surface area contributed by atoms with E-state index in [1.54, 1.807) is 0 Å². The fraction of sp³-hybridized carbons (Fsp3) is 0.643. The van der Waals surface area contributed by atoms with E-state index in [0.29, 0.717) is 20.4 Å². The first-order chi connectivity index (χ1) is 9.74. The molecule has 1 N–H and O–H groups in total. The molecule has 0 amide bonds. The Balaban J connectivity index is 2.26. The van der Waals surface area contributed by atoms with Gasteiger partial charge in [0.2, 0.25) is 0 Å². The van der Waals surface area contributed by atoms with Gasteiger partial charge in [0.25, 0.3) is 5.92 Å². The molecule has 0 aliphatic heterocycles. The topological polar surface area (TPSA) is 37.3 Å². The number of carboxylic acid groups (broad SMARTS) is 1. The minimum absolute atomic E-state index is 0.0466. The van der Waals surface area contributed by atoms with Crippen molar-refractivity contribution in [2.24, 2.45) is 5.41 Å². The smallest absolute Gasteiger partial charge is 0.303 e. The molecule has 0 radical (unpaired) electrons. The van der Waals surface area contributed by atoms with Crippen LogP contribution in [0.4, 0.5) is 8.78 Å². The Labute approximate surface area is 143 Å². The van der Waals surface area contributed by atoms with Gasteiger partial charge in [0.15, 0.2) is 0 Å². The van der Waals surface area contributed by atoms with Crippen molar-refractivity contribution in [3.05, 3.63) is 19.2 Å². The molecule has 0 atom stereocenters. The van der Waals surface area contributed by atoms with Crippen molar-refractivity contribution < 1.29 is 18.7 Å². The first-order valence-electron chi connectivity index (χ1n) is 6.79. The van der Waals surface area contributed by atoms with Crippen LogP contribution in [0.5, 0.6) is 0 Å². The first kappa shape index (κ1) is 17.3. The van der Waals surface area contributed by atoms with Crippen LogP contribution >= 0.6 is 43.2 Å². The van der Waals surface area contributed by atoms with Crippen LogP contribution in [0.1, 0.15) is 50.5 Å². The van der Waals surface area contributed by atoms with Crippen LogP contribution < -0.4 is 0 Å². The van der Waals surface area contributed by atoms with Gasteiger partial charge in [0.1, 0.15) is 0 Å². The predicted octanol–water partition coefficient (Wildman–Crippen LogP) is 6.18. The molecule has 1 fully saturated rings. The molecule has 21 heavy (non-hydrogen) atoms. The molecule has 7 heteroatoms. The van der Waals surface area contributed by atoms with Crippen molar-refractivity contribution >= 4 is 49.2 Å². The van der Waals surface area contributed by atoms with E-state index < -0.39 is 23.7 Å². The molecule has 0 spiro atoms. The normalized spacial score (nSPS) is 18.7. The van der Waals surface area contributed by atoms with Gasteiger partial charge in [0, 0.05) is 12.0 Å². The number of rotatable bonds is 5. The zero-order valence-corrected chi connectivity index (χ0v) is 15.3. The maximum Gasteiger partial charge on any atom is 0.303 e. The van der Waals surface area contributed by atoms with Gasteiger partial charge in [0.05, 0.1) is 14.0 Å². The monoisotopic (exact) mass is 444 g/mol. The second-order valence-electron chi connectivity index (χ2n) is 5.75. The summed E-state index contributed by atoms with van der Waals surface area (Å²) in [4.78, 5) is 11.1. The molecule has 0 unspecified atom stereocenters. The SMILES string of the molecule is O=C(O)CC1(CC(F)(F)c2cc(Br)sc2Br)CCCCC1. The third kappa shape index (κ3) is 4.26. The second-order valence-corrected chi connectivity index (χ2v) is 9.50. The van der Waals surface area contributed by atoms with E-state index in [2.05, 4.69) is 31.9 Å². The molecule has 1 heterocycles. The summed E-state index contributed by atoms with van der Waals surface area (Å²) < 4.78 is 30.4. The molecule has 118 valence electrons. The van der Waals surface area contributed by atoms with E-state index in [-0.39, 0.29) is 12.0 Å². The lowest BCUT2D eigenvalue weighted by Crippen LogP contribution is -2.33. The summed E-state index contributed by atoms with van der Waals surface area (Å²) >= 11 is 7.60. The quantitative estimate of drug-likeness (QED) is 0.587. The van der Waals surface area contributed by atoms with Gasteiger partial charge in [-0.05, 0) is 56.2 Å². The number of aliphatic carboxylic acids is 1. The van der Waals surface area contributed by atoms with Crippen molar-refractivity contribution in [2.45, 2.75) is 50.9 Å². The van der Waals surface area contributed by atoms with Crippen molar-refractivity contribution in [1.29, 1.82) is 0 Å². The fourth-order valence-electron chi connectivity index (χ4n) is 3.19. The summed E-state index contributed by atoms with van der Waals surface area (Å²) in [6, 6.07) is 1.42. The standard InChI is InChI=1S/C14H16Br2F2O2S/c15-10-6-9(12(16)21-10)14(17,18)8-13(7-11(19)20)4-2-1-3-5-13/h6H,1-5,7-8H2,(H,19,20). The molecule has 1 aromatic rings. The van der Waals surface area contributed by atoms with Gasteiger partial charge in [-0.3, -0.25) is 4.79 Å². The average Bonchev–Trinajstić information content (AvgIpc) is 2.68. The number of carboxylic acids is 1. The average molecular weight is 446 g/mol. The third-order valence-electron chi connectivity index (χ3n) is 4.09. The van der Waals surface area contributed by atoms with Crippen LogP contribution in [0.15, 0.2) is 13.6 Å². The van der Waals surface area contributed by atoms with E-state index in [4.69, 9.17) is 5.11 Å². The second kappa shape index (κ2) is 6.62. The van der Waals surface area contributed by atoms with Gasteiger partial charge in [-0.15, -0.1) is 11.3 Å². The highest BCUT2D eigenvalue weighted by Gasteiger charge is 2.46. The zero-order valence-electron chi connectivity index (χ0n) is 11.3. The Bertz CT molecular complexity index is 525. The molecule has 0 bridgehead atoms. The minimum Gasteiger partial charge on any atom is -0.481 e. The lowest BCUT2D eigenvalue weighted by molar-refractivity contribution is -0.143. The summed E-state index contributed by atoms with van der Waals surface area (Å²) in [7, 11) is 0. The summed E-state index contributed by atoms with van der Waals surface area (Å²) in [6.45, 7) is 0. The summed E-state index contributed by atoms with van der Waals surface area (Å²) in [5.41, 5.74) is -0.837. The van der Waals surface area contributed by atoms with Crippen molar-refractivity contribution in [3.8, 4) is 0 Å². The maximum absolute atomic E-state index is 14.7. The highest BCUT2D eigenvalue weighted by atomic mass is 79.9. The fourth-order valence-corrected chi connectivity index (χ4v) is 6.15. The molecule has 2 nitrogen and oxygen atoms in total. The van der Waals surface area contributed by atoms with Gasteiger partial charge in [-0.2, -0.15) is 0 Å². The molecule has 0 aromatic carbocycles. The van der Waals surface area contributed by atoms with Crippen LogP contribution in [0.2, 0.25) is 0 Å². The molecule has 0 saturated heterocycles. The number of carbonyl (C=O) groups is 1. The Morgan fingerprint density at radius 2 is 1.95 bits per heavy atom. The van der Waals surface area contributed by atoms with E-state index in [0.717, 1.165) is 19.3 Å². The molecule has 1 aliphatic carbocycles. The summed E-state index contributed by atoms with van der Waals surface area (Å²) in [5, 5.41) is 9.10. The maximum atomic E-state index is 14.7. The summed E-state index contributed by atoms with van der Waals surface area (Å²) in [5.74, 6) is -4.01. The molecule has 2 rings (SSSR count). The highest BCUT2D eigenvalue weighted by Crippen LogP contribution is 2.52. The van der Waals surface area contributed by atoms with Crippen molar-refractivity contribution in [2.75, 3.05) is 0 Å². The molecular formula is C14H16Br2F2O2S. The molecule has 1 saturated carbocycles. The Hall–Kier alpha value is -0.0100. The van der Waals surface area contributed by atoms with Crippen LogP contribution in [0, 0.1) is 5.41 Å². The molecule has 1 aliphatic rings. The molecule has 1 aromatic heterocycles. The van der Waals surface area contributed by atoms with Crippen LogP contribution in [-0.4, -0.2) is 11.1 Å². The first-order valence-corrected chi connectivity index (χ1v) is 9.19. The van der Waals surface area contributed by atoms with Crippen LogP contribution in [0.3, 0.4) is 0 Å². The van der Waals surface area contributed by atoms with E-state index in [1.807, 2.05) is 0 Å². The number of alkyl halides is 2.